The molecule has 0 saturated carbocycles. The molecular formula is C9H17NO5S. The first-order valence-corrected chi connectivity index (χ1v) is 6.61. The monoisotopic (exact) mass is 251 g/mol. The molecule has 0 aromatic heterocycles. The van der Waals surface area contributed by atoms with E-state index in [-0.39, 0.29) is 19.1 Å². The van der Waals surface area contributed by atoms with E-state index in [1.807, 2.05) is 0 Å². The zero-order valence-electron chi connectivity index (χ0n) is 9.42. The average Bonchev–Trinajstić information content (AvgIpc) is 2.75. The van der Waals surface area contributed by atoms with E-state index in [1.54, 1.807) is 0 Å². The Morgan fingerprint density at radius 1 is 1.62 bits per heavy atom. The smallest absolute Gasteiger partial charge is 0.325 e. The van der Waals surface area contributed by atoms with Crippen molar-refractivity contribution in [3.8, 4) is 0 Å². The maximum absolute atomic E-state index is 11.9. The molecule has 1 aliphatic heterocycles. The lowest BCUT2D eigenvalue weighted by atomic mass is 10.1. The van der Waals surface area contributed by atoms with Crippen molar-refractivity contribution in [3.05, 3.63) is 0 Å². The van der Waals surface area contributed by atoms with Gasteiger partial charge in [-0.25, -0.2) is 12.7 Å². The lowest BCUT2D eigenvalue weighted by Gasteiger charge is -2.19. The fourth-order valence-electron chi connectivity index (χ4n) is 1.69. The van der Waals surface area contributed by atoms with Crippen LogP contribution >= 0.6 is 0 Å². The van der Waals surface area contributed by atoms with Crippen LogP contribution in [0.25, 0.3) is 0 Å². The van der Waals surface area contributed by atoms with E-state index in [4.69, 9.17) is 5.11 Å². The van der Waals surface area contributed by atoms with Crippen molar-refractivity contribution in [2.45, 2.75) is 18.6 Å². The van der Waals surface area contributed by atoms with Gasteiger partial charge in [0.25, 0.3) is 0 Å². The van der Waals surface area contributed by atoms with Gasteiger partial charge in [-0.15, -0.1) is 0 Å². The van der Waals surface area contributed by atoms with Crippen molar-refractivity contribution in [3.63, 3.8) is 0 Å². The van der Waals surface area contributed by atoms with Gasteiger partial charge in [0.05, 0.1) is 7.11 Å². The summed E-state index contributed by atoms with van der Waals surface area (Å²) in [5.74, 6) is -0.785. The maximum atomic E-state index is 11.9. The first-order valence-electron chi connectivity index (χ1n) is 5.11. The maximum Gasteiger partial charge on any atom is 0.325 e. The Hall–Kier alpha value is -0.660. The van der Waals surface area contributed by atoms with E-state index >= 15 is 0 Å². The van der Waals surface area contributed by atoms with Gasteiger partial charge in [-0.1, -0.05) is 0 Å². The Balaban J connectivity index is 2.75. The summed E-state index contributed by atoms with van der Waals surface area (Å²) in [5.41, 5.74) is 0. The molecule has 2 unspecified atom stereocenters. The molecule has 0 aromatic carbocycles. The number of aliphatic hydroxyl groups excluding tert-OH is 1. The molecule has 1 saturated heterocycles. The highest BCUT2D eigenvalue weighted by molar-refractivity contribution is 7.90. The first-order chi connectivity index (χ1) is 7.43. The zero-order valence-corrected chi connectivity index (χ0v) is 10.2. The van der Waals surface area contributed by atoms with Crippen molar-refractivity contribution in [2.24, 2.45) is 5.92 Å². The number of aliphatic hydroxyl groups is 1. The molecule has 6 nitrogen and oxygen atoms in total. The lowest BCUT2D eigenvalue weighted by Crippen LogP contribution is -2.40. The second kappa shape index (κ2) is 5.11. The highest BCUT2D eigenvalue weighted by atomic mass is 32.2. The third kappa shape index (κ3) is 2.53. The fraction of sp³-hybridized carbons (Fsp3) is 0.889. The fourth-order valence-corrected chi connectivity index (χ4v) is 3.25. The van der Waals surface area contributed by atoms with Crippen LogP contribution in [-0.2, 0) is 19.6 Å². The number of ether oxygens (including phenoxy) is 1. The Labute approximate surface area is 95.2 Å². The summed E-state index contributed by atoms with van der Waals surface area (Å²) in [6.45, 7) is 1.92. The Kier molecular flexibility index (Phi) is 4.28. The van der Waals surface area contributed by atoms with Gasteiger partial charge in [0.2, 0.25) is 10.0 Å². The van der Waals surface area contributed by atoms with E-state index in [9.17, 15) is 13.2 Å². The summed E-state index contributed by atoms with van der Waals surface area (Å²) in [6, 6.07) is 0. The number of carbonyl (C=O) groups is 1. The minimum Gasteiger partial charge on any atom is -0.468 e. The van der Waals surface area contributed by atoms with E-state index in [0.717, 1.165) is 7.11 Å². The van der Waals surface area contributed by atoms with Crippen molar-refractivity contribution >= 4 is 16.0 Å². The summed E-state index contributed by atoms with van der Waals surface area (Å²) in [5, 5.41) is 7.75. The average molecular weight is 251 g/mol. The molecule has 1 rings (SSSR count). The van der Waals surface area contributed by atoms with Gasteiger partial charge in [-0.2, -0.15) is 0 Å². The SMILES string of the molecule is COC(=O)C(C)S(=O)(=O)N1CCC(CO)C1. The predicted molar refractivity (Wildman–Crippen MR) is 57.2 cm³/mol. The summed E-state index contributed by atoms with van der Waals surface area (Å²) in [6.07, 6.45) is 0.629. The predicted octanol–water partition coefficient (Wildman–Crippen LogP) is -0.808. The van der Waals surface area contributed by atoms with Gasteiger partial charge in [-0.3, -0.25) is 4.79 Å². The molecule has 1 N–H and O–H groups in total. The molecule has 0 aliphatic carbocycles. The molecule has 0 radical (unpaired) electrons. The van der Waals surface area contributed by atoms with Crippen LogP contribution in [0.2, 0.25) is 0 Å². The van der Waals surface area contributed by atoms with Crippen LogP contribution in [0.3, 0.4) is 0 Å². The molecule has 1 heterocycles. The van der Waals surface area contributed by atoms with E-state index < -0.39 is 21.2 Å². The highest BCUT2D eigenvalue weighted by Crippen LogP contribution is 2.21. The number of nitrogens with zero attached hydrogens (tertiary/aromatic N) is 1. The number of rotatable bonds is 4. The lowest BCUT2D eigenvalue weighted by molar-refractivity contribution is -0.139. The van der Waals surface area contributed by atoms with Crippen molar-refractivity contribution in [1.29, 1.82) is 0 Å². The Morgan fingerprint density at radius 2 is 2.25 bits per heavy atom. The van der Waals surface area contributed by atoms with Gasteiger partial charge < -0.3 is 9.84 Å². The molecule has 16 heavy (non-hydrogen) atoms. The zero-order chi connectivity index (χ0) is 12.3. The minimum absolute atomic E-state index is 0.0281. The number of esters is 1. The Morgan fingerprint density at radius 3 is 2.69 bits per heavy atom. The van der Waals surface area contributed by atoms with E-state index in [0.29, 0.717) is 13.0 Å². The molecule has 0 spiro atoms. The van der Waals surface area contributed by atoms with E-state index in [1.165, 1.54) is 11.2 Å². The number of hydrogen-bond donors (Lipinski definition) is 1. The molecule has 1 fully saturated rings. The second-order valence-corrected chi connectivity index (χ2v) is 6.16. The van der Waals surface area contributed by atoms with Crippen LogP contribution in [0, 0.1) is 5.92 Å². The number of carbonyl (C=O) groups excluding carboxylic acids is 1. The molecule has 94 valence electrons. The molecule has 0 aromatic rings. The summed E-state index contributed by atoms with van der Waals surface area (Å²) < 4.78 is 29.5. The third-order valence-electron chi connectivity index (χ3n) is 2.85. The normalized spacial score (nSPS) is 24.3. The van der Waals surface area contributed by atoms with Crippen LogP contribution in [0.4, 0.5) is 0 Å². The largest absolute Gasteiger partial charge is 0.468 e. The van der Waals surface area contributed by atoms with Crippen LogP contribution in [-0.4, -0.2) is 55.9 Å². The van der Waals surface area contributed by atoms with Crippen LogP contribution < -0.4 is 0 Å². The molecular weight excluding hydrogens is 234 g/mol. The van der Waals surface area contributed by atoms with Crippen LogP contribution in [0.15, 0.2) is 0 Å². The summed E-state index contributed by atoms with van der Waals surface area (Å²) in [4.78, 5) is 11.2. The van der Waals surface area contributed by atoms with Gasteiger partial charge >= 0.3 is 5.97 Å². The molecule has 2 atom stereocenters. The first kappa shape index (κ1) is 13.4. The summed E-state index contributed by atoms with van der Waals surface area (Å²) in [7, 11) is -2.48. The number of sulfonamides is 1. The molecule has 1 aliphatic rings. The topological polar surface area (TPSA) is 83.9 Å². The van der Waals surface area contributed by atoms with Crippen molar-refractivity contribution in [1.82, 2.24) is 4.31 Å². The molecule has 0 bridgehead atoms. The highest BCUT2D eigenvalue weighted by Gasteiger charge is 2.38. The molecule has 7 heteroatoms. The van der Waals surface area contributed by atoms with Gasteiger partial charge in [0.15, 0.2) is 5.25 Å². The quantitative estimate of drug-likeness (QED) is 0.661. The third-order valence-corrected chi connectivity index (χ3v) is 4.98. The van der Waals surface area contributed by atoms with Crippen molar-refractivity contribution in [2.75, 3.05) is 26.8 Å². The minimum atomic E-state index is -3.65. The number of hydrogen-bond acceptors (Lipinski definition) is 5. The summed E-state index contributed by atoms with van der Waals surface area (Å²) >= 11 is 0. The van der Waals surface area contributed by atoms with Gasteiger partial charge in [0, 0.05) is 19.7 Å². The standard InChI is InChI=1S/C9H17NO5S/c1-7(9(12)15-2)16(13,14)10-4-3-8(5-10)6-11/h7-8,11H,3-6H2,1-2H3. The Bertz CT molecular complexity index is 353. The van der Waals surface area contributed by atoms with Crippen LogP contribution in [0.1, 0.15) is 13.3 Å². The van der Waals surface area contributed by atoms with Gasteiger partial charge in [0.1, 0.15) is 0 Å². The van der Waals surface area contributed by atoms with Crippen molar-refractivity contribution < 1.29 is 23.1 Å². The molecule has 0 amide bonds. The van der Waals surface area contributed by atoms with E-state index in [2.05, 4.69) is 4.74 Å². The number of methoxy groups -OCH3 is 1. The van der Waals surface area contributed by atoms with Gasteiger partial charge in [-0.05, 0) is 19.3 Å². The second-order valence-electron chi connectivity index (χ2n) is 3.91. The van der Waals surface area contributed by atoms with Crippen LogP contribution in [0.5, 0.6) is 0 Å².